The first-order valence-corrected chi connectivity index (χ1v) is 7.07. The van der Waals surface area contributed by atoms with E-state index in [1.807, 2.05) is 20.8 Å². The number of halogens is 1. The van der Waals surface area contributed by atoms with Crippen molar-refractivity contribution in [1.82, 2.24) is 5.32 Å². The minimum Gasteiger partial charge on any atom is -0.347 e. The third-order valence-electron chi connectivity index (χ3n) is 4.10. The van der Waals surface area contributed by atoms with Crippen molar-refractivity contribution in [2.75, 3.05) is 0 Å². The van der Waals surface area contributed by atoms with E-state index < -0.39 is 22.2 Å². The molecule has 0 aliphatic carbocycles. The fraction of sp³-hybridized carbons (Fsp3) is 0.533. The topological polar surface area (TPSA) is 72.2 Å². The summed E-state index contributed by atoms with van der Waals surface area (Å²) in [5.41, 5.74) is -0.887. The van der Waals surface area contributed by atoms with Crippen molar-refractivity contribution in [3.63, 3.8) is 0 Å². The van der Waals surface area contributed by atoms with Gasteiger partial charge in [0.2, 0.25) is 0 Å². The van der Waals surface area contributed by atoms with Crippen LogP contribution in [0.4, 0.5) is 10.1 Å². The second-order valence-corrected chi connectivity index (χ2v) is 5.18. The Morgan fingerprint density at radius 3 is 2.24 bits per heavy atom. The summed E-state index contributed by atoms with van der Waals surface area (Å²) in [5.74, 6) is -1.32. The van der Waals surface area contributed by atoms with Gasteiger partial charge in [-0.25, -0.2) is 4.39 Å². The van der Waals surface area contributed by atoms with Crippen LogP contribution < -0.4 is 5.32 Å². The SMILES string of the molecule is CCC(CC)(CC)NC(=O)c1cc([N+](=O)[O-])cc(C)c1F. The Bertz CT molecular complexity index is 546. The lowest BCUT2D eigenvalue weighted by molar-refractivity contribution is -0.385. The molecule has 1 aromatic rings. The molecule has 116 valence electrons. The molecule has 0 bridgehead atoms. The molecule has 6 heteroatoms. The summed E-state index contributed by atoms with van der Waals surface area (Å²) in [6.45, 7) is 7.25. The first kappa shape index (κ1) is 17.1. The Kier molecular flexibility index (Phi) is 5.41. The largest absolute Gasteiger partial charge is 0.347 e. The quantitative estimate of drug-likeness (QED) is 0.642. The molecular weight excluding hydrogens is 275 g/mol. The molecule has 0 saturated heterocycles. The molecule has 1 rings (SSSR count). The maximum Gasteiger partial charge on any atom is 0.270 e. The van der Waals surface area contributed by atoms with E-state index in [0.29, 0.717) is 19.3 Å². The van der Waals surface area contributed by atoms with Gasteiger partial charge in [-0.15, -0.1) is 0 Å². The number of nitrogens with zero attached hydrogens (tertiary/aromatic N) is 1. The lowest BCUT2D eigenvalue weighted by Gasteiger charge is -2.31. The molecule has 1 aromatic carbocycles. The third-order valence-corrected chi connectivity index (χ3v) is 4.10. The number of carbonyl (C=O) groups excluding carboxylic acids is 1. The molecule has 0 aliphatic rings. The van der Waals surface area contributed by atoms with Gasteiger partial charge in [0.15, 0.2) is 0 Å². The van der Waals surface area contributed by atoms with Crippen LogP contribution in [0.1, 0.15) is 56.0 Å². The van der Waals surface area contributed by atoms with Crippen LogP contribution in [0.2, 0.25) is 0 Å². The Labute approximate surface area is 123 Å². The van der Waals surface area contributed by atoms with E-state index in [4.69, 9.17) is 0 Å². The van der Waals surface area contributed by atoms with Crippen LogP contribution in [0.25, 0.3) is 0 Å². The molecule has 0 atom stereocenters. The first-order valence-electron chi connectivity index (χ1n) is 7.07. The van der Waals surface area contributed by atoms with Gasteiger partial charge in [-0.2, -0.15) is 0 Å². The summed E-state index contributed by atoms with van der Waals surface area (Å²) in [5, 5.41) is 13.7. The van der Waals surface area contributed by atoms with Gasteiger partial charge in [0, 0.05) is 17.7 Å². The standard InChI is InChI=1S/C15H21FN2O3/c1-5-15(6-2,7-3)17-14(19)12-9-11(18(20)21)8-10(4)13(12)16/h8-9H,5-7H2,1-4H3,(H,17,19). The number of benzene rings is 1. The van der Waals surface area contributed by atoms with E-state index >= 15 is 0 Å². The zero-order valence-electron chi connectivity index (χ0n) is 12.8. The molecule has 5 nitrogen and oxygen atoms in total. The fourth-order valence-corrected chi connectivity index (χ4v) is 2.34. The number of hydrogen-bond acceptors (Lipinski definition) is 3. The predicted molar refractivity (Wildman–Crippen MR) is 78.9 cm³/mol. The van der Waals surface area contributed by atoms with Gasteiger partial charge < -0.3 is 5.32 Å². The monoisotopic (exact) mass is 296 g/mol. The number of nitro groups is 1. The van der Waals surface area contributed by atoms with Crippen LogP contribution in [-0.2, 0) is 0 Å². The first-order chi connectivity index (χ1) is 9.80. The highest BCUT2D eigenvalue weighted by Crippen LogP contribution is 2.24. The summed E-state index contributed by atoms with van der Waals surface area (Å²) in [6.07, 6.45) is 2.13. The maximum absolute atomic E-state index is 14.1. The van der Waals surface area contributed by atoms with Crippen LogP contribution >= 0.6 is 0 Å². The lowest BCUT2D eigenvalue weighted by Crippen LogP contribution is -2.47. The molecule has 0 heterocycles. The molecule has 0 radical (unpaired) electrons. The van der Waals surface area contributed by atoms with Crippen LogP contribution in [0, 0.1) is 22.9 Å². The van der Waals surface area contributed by atoms with Crippen LogP contribution in [0.15, 0.2) is 12.1 Å². The van der Waals surface area contributed by atoms with E-state index in [1.165, 1.54) is 6.92 Å². The molecule has 0 fully saturated rings. The third kappa shape index (κ3) is 3.56. The summed E-state index contributed by atoms with van der Waals surface area (Å²) in [6, 6.07) is 2.11. The average Bonchev–Trinajstić information content (AvgIpc) is 2.47. The van der Waals surface area contributed by atoms with E-state index in [0.717, 1.165) is 12.1 Å². The van der Waals surface area contributed by atoms with E-state index in [2.05, 4.69) is 5.32 Å². The lowest BCUT2D eigenvalue weighted by atomic mass is 9.89. The van der Waals surface area contributed by atoms with Gasteiger partial charge in [-0.05, 0) is 31.7 Å². The van der Waals surface area contributed by atoms with Crippen molar-refractivity contribution in [1.29, 1.82) is 0 Å². The Morgan fingerprint density at radius 2 is 1.81 bits per heavy atom. The Balaban J connectivity index is 3.21. The second-order valence-electron chi connectivity index (χ2n) is 5.18. The fourth-order valence-electron chi connectivity index (χ4n) is 2.34. The zero-order chi connectivity index (χ0) is 16.2. The normalized spacial score (nSPS) is 11.3. The Hall–Kier alpha value is -1.98. The minimum atomic E-state index is -0.713. The average molecular weight is 296 g/mol. The number of aryl methyl sites for hydroxylation is 1. The van der Waals surface area contributed by atoms with Crippen LogP contribution in [0.3, 0.4) is 0 Å². The molecule has 0 aromatic heterocycles. The number of carbonyl (C=O) groups is 1. The van der Waals surface area contributed by atoms with E-state index in [1.54, 1.807) is 0 Å². The number of amides is 1. The summed E-state index contributed by atoms with van der Waals surface area (Å²) in [7, 11) is 0. The predicted octanol–water partition coefficient (Wildman–Crippen LogP) is 3.74. The molecular formula is C15H21FN2O3. The molecule has 0 unspecified atom stereocenters. The van der Waals surface area contributed by atoms with Gasteiger partial charge >= 0.3 is 0 Å². The number of nitrogens with one attached hydrogen (secondary N) is 1. The van der Waals surface area contributed by atoms with Gasteiger partial charge in [-0.3, -0.25) is 14.9 Å². The molecule has 1 N–H and O–H groups in total. The number of nitro benzene ring substituents is 1. The van der Waals surface area contributed by atoms with Gasteiger partial charge in [-0.1, -0.05) is 20.8 Å². The Morgan fingerprint density at radius 1 is 1.29 bits per heavy atom. The molecule has 0 saturated carbocycles. The molecule has 1 amide bonds. The van der Waals surface area contributed by atoms with Crippen molar-refractivity contribution >= 4 is 11.6 Å². The molecule has 0 aliphatic heterocycles. The number of non-ortho nitro benzene ring substituents is 1. The smallest absolute Gasteiger partial charge is 0.270 e. The molecule has 21 heavy (non-hydrogen) atoms. The maximum atomic E-state index is 14.1. The molecule has 0 spiro atoms. The minimum absolute atomic E-state index is 0.0874. The van der Waals surface area contributed by atoms with Gasteiger partial charge in [0.25, 0.3) is 11.6 Å². The highest BCUT2D eigenvalue weighted by Gasteiger charge is 2.28. The van der Waals surface area contributed by atoms with Gasteiger partial charge in [0.05, 0.1) is 10.5 Å². The van der Waals surface area contributed by atoms with Crippen molar-refractivity contribution in [3.05, 3.63) is 39.2 Å². The van der Waals surface area contributed by atoms with Crippen LogP contribution in [-0.4, -0.2) is 16.4 Å². The number of hydrogen-bond donors (Lipinski definition) is 1. The van der Waals surface area contributed by atoms with Crippen molar-refractivity contribution in [2.24, 2.45) is 0 Å². The highest BCUT2D eigenvalue weighted by atomic mass is 19.1. The van der Waals surface area contributed by atoms with E-state index in [-0.39, 0.29) is 16.8 Å². The zero-order valence-corrected chi connectivity index (χ0v) is 12.8. The van der Waals surface area contributed by atoms with Gasteiger partial charge in [0.1, 0.15) is 5.82 Å². The van der Waals surface area contributed by atoms with E-state index in [9.17, 15) is 19.3 Å². The number of rotatable bonds is 6. The summed E-state index contributed by atoms with van der Waals surface area (Å²) in [4.78, 5) is 22.5. The summed E-state index contributed by atoms with van der Waals surface area (Å²) < 4.78 is 14.1. The van der Waals surface area contributed by atoms with Crippen LogP contribution in [0.5, 0.6) is 0 Å². The van der Waals surface area contributed by atoms with Crippen molar-refractivity contribution in [3.8, 4) is 0 Å². The summed E-state index contributed by atoms with van der Waals surface area (Å²) >= 11 is 0. The van der Waals surface area contributed by atoms with Crippen molar-refractivity contribution in [2.45, 2.75) is 52.5 Å². The van der Waals surface area contributed by atoms with Crippen molar-refractivity contribution < 1.29 is 14.1 Å². The highest BCUT2D eigenvalue weighted by molar-refractivity contribution is 5.95. The second kappa shape index (κ2) is 6.65.